The third kappa shape index (κ3) is 4.17. The van der Waals surface area contributed by atoms with Gasteiger partial charge in [-0.25, -0.2) is 12.8 Å². The second-order valence-corrected chi connectivity index (χ2v) is 6.26. The molecule has 1 rings (SSSR count). The highest BCUT2D eigenvalue weighted by Gasteiger charge is 2.25. The van der Waals surface area contributed by atoms with Crippen LogP contribution < -0.4 is 4.74 Å². The Morgan fingerprint density at radius 3 is 2.65 bits per heavy atom. The molecule has 0 fully saturated rings. The minimum atomic E-state index is -4.41. The molecule has 110 valence electrons. The van der Waals surface area contributed by atoms with Crippen LogP contribution in [0.15, 0.2) is 29.7 Å². The van der Waals surface area contributed by atoms with Gasteiger partial charge in [0.25, 0.3) is 9.05 Å². The minimum absolute atomic E-state index is 0.110. The van der Waals surface area contributed by atoms with E-state index in [1.54, 1.807) is 6.08 Å². The zero-order valence-corrected chi connectivity index (χ0v) is 11.8. The second kappa shape index (κ2) is 6.67. The van der Waals surface area contributed by atoms with Crippen molar-refractivity contribution in [2.75, 3.05) is 6.61 Å². The van der Waals surface area contributed by atoms with Crippen molar-refractivity contribution in [3.8, 4) is 5.75 Å². The van der Waals surface area contributed by atoms with Crippen molar-refractivity contribution < 1.29 is 22.5 Å². The average molecular weight is 324 g/mol. The van der Waals surface area contributed by atoms with Gasteiger partial charge in [0.05, 0.1) is 11.5 Å². The number of ether oxygens (including phenoxy) is 1. The van der Waals surface area contributed by atoms with Gasteiger partial charge in [0, 0.05) is 22.8 Å². The first-order valence-corrected chi connectivity index (χ1v) is 7.74. The van der Waals surface area contributed by atoms with Gasteiger partial charge in [0.15, 0.2) is 5.75 Å². The second-order valence-electron chi connectivity index (χ2n) is 3.72. The maximum Gasteiger partial charge on any atom is 0.312 e. The molecule has 1 aromatic rings. The lowest BCUT2D eigenvalue weighted by Gasteiger charge is -2.07. The van der Waals surface area contributed by atoms with Crippen LogP contribution >= 0.6 is 10.7 Å². The number of nitrogens with zero attached hydrogens (tertiary/aromatic N) is 1. The lowest BCUT2D eigenvalue weighted by molar-refractivity contribution is -0.386. The maximum atomic E-state index is 13.6. The first kappa shape index (κ1) is 16.4. The Morgan fingerprint density at radius 1 is 1.50 bits per heavy atom. The van der Waals surface area contributed by atoms with Crippen LogP contribution in [0.2, 0.25) is 0 Å². The Hall–Kier alpha value is -1.67. The Morgan fingerprint density at radius 2 is 2.15 bits per heavy atom. The van der Waals surface area contributed by atoms with Gasteiger partial charge in [-0.05, 0) is 12.8 Å². The summed E-state index contributed by atoms with van der Waals surface area (Å²) in [5.74, 6) is -1.55. The van der Waals surface area contributed by atoms with Gasteiger partial charge in [-0.2, -0.15) is 0 Å². The smallest absolute Gasteiger partial charge is 0.312 e. The number of unbranched alkanes of at least 4 members (excludes halogenated alkanes) is 1. The van der Waals surface area contributed by atoms with Crippen molar-refractivity contribution in [3.63, 3.8) is 0 Å². The minimum Gasteiger partial charge on any atom is -0.487 e. The highest BCUT2D eigenvalue weighted by Crippen LogP contribution is 2.33. The monoisotopic (exact) mass is 323 g/mol. The van der Waals surface area contributed by atoms with Crippen LogP contribution in [-0.2, 0) is 9.05 Å². The highest BCUT2D eigenvalue weighted by molar-refractivity contribution is 8.13. The lowest BCUT2D eigenvalue weighted by Crippen LogP contribution is -2.04. The van der Waals surface area contributed by atoms with Gasteiger partial charge in [-0.3, -0.25) is 10.1 Å². The van der Waals surface area contributed by atoms with Gasteiger partial charge in [0.2, 0.25) is 0 Å². The molecule has 0 N–H and O–H groups in total. The summed E-state index contributed by atoms with van der Waals surface area (Å²) in [5.41, 5.74) is -0.663. The summed E-state index contributed by atoms with van der Waals surface area (Å²) in [4.78, 5) is 9.03. The molecular weight excluding hydrogens is 313 g/mol. The molecule has 0 spiro atoms. The molecule has 0 unspecified atom stereocenters. The molecule has 0 aliphatic heterocycles. The predicted octanol–water partition coefficient (Wildman–Crippen LogP) is 3.01. The zero-order chi connectivity index (χ0) is 15.3. The summed E-state index contributed by atoms with van der Waals surface area (Å²) in [7, 11) is 0.585. The number of hydrogen-bond acceptors (Lipinski definition) is 5. The molecule has 0 aliphatic rings. The van der Waals surface area contributed by atoms with Gasteiger partial charge < -0.3 is 4.74 Å². The van der Waals surface area contributed by atoms with Crippen molar-refractivity contribution in [3.05, 3.63) is 40.7 Å². The maximum absolute atomic E-state index is 13.6. The number of allylic oxidation sites excluding steroid dienone is 1. The van der Waals surface area contributed by atoms with Crippen LogP contribution in [0.3, 0.4) is 0 Å². The van der Waals surface area contributed by atoms with E-state index in [0.29, 0.717) is 25.0 Å². The SMILES string of the molecule is C=CCCCOc1cc(F)c(S(=O)(=O)Cl)cc1[N+](=O)[O-]. The Kier molecular flexibility index (Phi) is 5.46. The average Bonchev–Trinajstić information content (AvgIpc) is 2.32. The van der Waals surface area contributed by atoms with E-state index in [1.807, 2.05) is 0 Å². The number of rotatable bonds is 7. The molecule has 0 amide bonds. The van der Waals surface area contributed by atoms with E-state index < -0.39 is 30.4 Å². The molecule has 6 nitrogen and oxygen atoms in total. The summed E-state index contributed by atoms with van der Waals surface area (Å²) >= 11 is 0. The van der Waals surface area contributed by atoms with Crippen LogP contribution in [0.4, 0.5) is 10.1 Å². The topological polar surface area (TPSA) is 86.5 Å². The zero-order valence-electron chi connectivity index (χ0n) is 10.2. The van der Waals surface area contributed by atoms with Gasteiger partial charge in [0.1, 0.15) is 10.7 Å². The first-order valence-electron chi connectivity index (χ1n) is 5.43. The number of nitro benzene ring substituents is 1. The van der Waals surface area contributed by atoms with E-state index in [-0.39, 0.29) is 12.4 Å². The number of hydrogen-bond donors (Lipinski definition) is 0. The molecule has 20 heavy (non-hydrogen) atoms. The third-order valence-corrected chi connectivity index (χ3v) is 3.62. The lowest BCUT2D eigenvalue weighted by atomic mass is 10.3. The van der Waals surface area contributed by atoms with Crippen molar-refractivity contribution in [1.29, 1.82) is 0 Å². The Labute approximate surface area is 119 Å². The van der Waals surface area contributed by atoms with Crippen molar-refractivity contribution in [2.24, 2.45) is 0 Å². The van der Waals surface area contributed by atoms with Gasteiger partial charge >= 0.3 is 5.69 Å². The van der Waals surface area contributed by atoms with Crippen molar-refractivity contribution in [1.82, 2.24) is 0 Å². The fourth-order valence-corrected chi connectivity index (χ4v) is 2.28. The van der Waals surface area contributed by atoms with Gasteiger partial charge in [-0.1, -0.05) is 6.08 Å². The van der Waals surface area contributed by atoms with E-state index in [4.69, 9.17) is 15.4 Å². The van der Waals surface area contributed by atoms with Crippen LogP contribution in [-0.4, -0.2) is 19.9 Å². The molecule has 1 aromatic carbocycles. The van der Waals surface area contributed by atoms with E-state index in [0.717, 1.165) is 0 Å². The van der Waals surface area contributed by atoms with Gasteiger partial charge in [-0.15, -0.1) is 6.58 Å². The van der Waals surface area contributed by atoms with Crippen molar-refractivity contribution >= 4 is 25.4 Å². The summed E-state index contributed by atoms with van der Waals surface area (Å²) in [6.07, 6.45) is 2.81. The molecule has 0 saturated heterocycles. The van der Waals surface area contributed by atoms with E-state index in [2.05, 4.69) is 6.58 Å². The molecule has 9 heteroatoms. The summed E-state index contributed by atoms with van der Waals surface area (Å²) in [5, 5.41) is 10.9. The largest absolute Gasteiger partial charge is 0.487 e. The molecular formula is C11H11ClFNO5S. The Bertz CT molecular complexity index is 632. The molecule has 0 bridgehead atoms. The van der Waals surface area contributed by atoms with Crippen molar-refractivity contribution in [2.45, 2.75) is 17.7 Å². The summed E-state index contributed by atoms with van der Waals surface area (Å²) < 4.78 is 40.8. The highest BCUT2D eigenvalue weighted by atomic mass is 35.7. The number of benzene rings is 1. The third-order valence-electron chi connectivity index (χ3n) is 2.28. The molecule has 0 radical (unpaired) electrons. The van der Waals surface area contributed by atoms with Crippen LogP contribution in [0, 0.1) is 15.9 Å². The molecule has 0 atom stereocenters. The fraction of sp³-hybridized carbons (Fsp3) is 0.273. The molecule has 0 heterocycles. The number of halogens is 2. The quantitative estimate of drug-likeness (QED) is 0.253. The predicted molar refractivity (Wildman–Crippen MR) is 71.0 cm³/mol. The first-order chi connectivity index (χ1) is 9.27. The molecule has 0 aliphatic carbocycles. The molecule has 0 aromatic heterocycles. The fourth-order valence-electron chi connectivity index (χ4n) is 1.38. The standard InChI is InChI=1S/C11H11ClFNO5S/c1-2-3-4-5-19-10-6-8(13)11(20(12,17)18)7-9(10)14(15)16/h2,6-7H,1,3-5H2. The molecule has 0 saturated carbocycles. The van der Waals surface area contributed by atoms with Crippen LogP contribution in [0.1, 0.15) is 12.8 Å². The van der Waals surface area contributed by atoms with E-state index >= 15 is 0 Å². The Balaban J connectivity index is 3.15. The summed E-state index contributed by atoms with van der Waals surface area (Å²) in [6, 6.07) is 1.18. The number of nitro groups is 1. The summed E-state index contributed by atoms with van der Waals surface area (Å²) in [6.45, 7) is 3.61. The van der Waals surface area contributed by atoms with E-state index in [9.17, 15) is 22.9 Å². The van der Waals surface area contributed by atoms with Crippen LogP contribution in [0.25, 0.3) is 0 Å². The normalized spacial score (nSPS) is 11.1. The van der Waals surface area contributed by atoms with E-state index in [1.165, 1.54) is 0 Å². The van der Waals surface area contributed by atoms with Crippen LogP contribution in [0.5, 0.6) is 5.75 Å².